The van der Waals surface area contributed by atoms with Crippen LogP contribution in [0, 0.1) is 0 Å². The smallest absolute Gasteiger partial charge is 0.262 e. The van der Waals surface area contributed by atoms with Gasteiger partial charge in [0.15, 0.2) is 18.1 Å². The molecular formula is C23H26N4O5S. The van der Waals surface area contributed by atoms with Gasteiger partial charge in [-0.25, -0.2) is 0 Å². The fourth-order valence-electron chi connectivity index (χ4n) is 2.75. The van der Waals surface area contributed by atoms with E-state index in [1.54, 1.807) is 30.3 Å². The Morgan fingerprint density at radius 3 is 2.33 bits per heavy atom. The Morgan fingerprint density at radius 2 is 1.67 bits per heavy atom. The standard InChI is InChI=1S/C23H26N4O5S/c1-23(2,3)21-26-27-22(33-21)25-20(29)14-10-11-17(18(12-14)31-5)32-13-19(28)24-15-8-6-7-9-16(15)30-4/h6-12H,13H2,1-5H3,(H,24,28)(H,25,27,29). The lowest BCUT2D eigenvalue weighted by Crippen LogP contribution is -2.20. The van der Waals surface area contributed by atoms with Gasteiger partial charge in [-0.3, -0.25) is 14.9 Å². The third kappa shape index (κ3) is 6.19. The Labute approximate surface area is 196 Å². The highest BCUT2D eigenvalue weighted by molar-refractivity contribution is 7.15. The zero-order chi connectivity index (χ0) is 24.0. The number of para-hydroxylation sites is 2. The molecule has 9 nitrogen and oxygen atoms in total. The van der Waals surface area contributed by atoms with Crippen LogP contribution in [-0.2, 0) is 10.2 Å². The Balaban J connectivity index is 1.63. The second-order valence-corrected chi connectivity index (χ2v) is 9.00. The Bertz CT molecular complexity index is 1140. The Hall–Kier alpha value is -3.66. The van der Waals surface area contributed by atoms with Gasteiger partial charge in [-0.15, -0.1) is 10.2 Å². The molecule has 0 fully saturated rings. The molecule has 0 aliphatic heterocycles. The Kier molecular flexibility index (Phi) is 7.49. The number of nitrogens with one attached hydrogen (secondary N) is 2. The number of anilines is 2. The van der Waals surface area contributed by atoms with Crippen LogP contribution in [0.15, 0.2) is 42.5 Å². The maximum atomic E-state index is 12.6. The molecule has 0 saturated carbocycles. The topological polar surface area (TPSA) is 112 Å². The van der Waals surface area contributed by atoms with E-state index in [2.05, 4.69) is 20.8 Å². The molecule has 3 aromatic rings. The predicted octanol–water partition coefficient (Wildman–Crippen LogP) is 4.12. The van der Waals surface area contributed by atoms with E-state index in [9.17, 15) is 9.59 Å². The van der Waals surface area contributed by atoms with Crippen LogP contribution >= 0.6 is 11.3 Å². The van der Waals surface area contributed by atoms with Crippen molar-refractivity contribution in [1.29, 1.82) is 0 Å². The predicted molar refractivity (Wildman–Crippen MR) is 127 cm³/mol. The summed E-state index contributed by atoms with van der Waals surface area (Å²) in [6.45, 7) is 5.83. The largest absolute Gasteiger partial charge is 0.495 e. The van der Waals surface area contributed by atoms with Crippen LogP contribution in [0.25, 0.3) is 0 Å². The molecule has 0 aliphatic rings. The summed E-state index contributed by atoms with van der Waals surface area (Å²) >= 11 is 1.33. The van der Waals surface area contributed by atoms with E-state index in [0.717, 1.165) is 5.01 Å². The molecule has 0 radical (unpaired) electrons. The summed E-state index contributed by atoms with van der Waals surface area (Å²) in [6.07, 6.45) is 0. The number of rotatable bonds is 8. The summed E-state index contributed by atoms with van der Waals surface area (Å²) in [4.78, 5) is 24.9. The van der Waals surface area contributed by atoms with E-state index in [1.807, 2.05) is 26.8 Å². The SMILES string of the molecule is COc1ccccc1NC(=O)COc1ccc(C(=O)Nc2nnc(C(C)(C)C)s2)cc1OC. The molecule has 0 atom stereocenters. The molecule has 2 N–H and O–H groups in total. The number of ether oxygens (including phenoxy) is 3. The van der Waals surface area contributed by atoms with Crippen molar-refractivity contribution in [1.82, 2.24) is 10.2 Å². The highest BCUT2D eigenvalue weighted by atomic mass is 32.1. The molecular weight excluding hydrogens is 444 g/mol. The van der Waals surface area contributed by atoms with E-state index < -0.39 is 0 Å². The van der Waals surface area contributed by atoms with Gasteiger partial charge in [0.05, 0.1) is 19.9 Å². The highest BCUT2D eigenvalue weighted by Crippen LogP contribution is 2.30. The van der Waals surface area contributed by atoms with Gasteiger partial charge in [0.2, 0.25) is 5.13 Å². The number of amides is 2. The molecule has 3 rings (SSSR count). The summed E-state index contributed by atoms with van der Waals surface area (Å²) in [5.74, 6) is 0.471. The summed E-state index contributed by atoms with van der Waals surface area (Å²) in [6, 6.07) is 11.8. The third-order valence-corrected chi connectivity index (χ3v) is 5.72. The van der Waals surface area contributed by atoms with Crippen molar-refractivity contribution in [2.75, 3.05) is 31.5 Å². The van der Waals surface area contributed by atoms with Crippen molar-refractivity contribution in [2.24, 2.45) is 0 Å². The van der Waals surface area contributed by atoms with E-state index in [-0.39, 0.29) is 23.8 Å². The molecule has 10 heteroatoms. The van der Waals surface area contributed by atoms with Gasteiger partial charge < -0.3 is 19.5 Å². The van der Waals surface area contributed by atoms with E-state index in [4.69, 9.17) is 14.2 Å². The second kappa shape index (κ2) is 10.3. The van der Waals surface area contributed by atoms with Gasteiger partial charge in [-0.2, -0.15) is 0 Å². The summed E-state index contributed by atoms with van der Waals surface area (Å²) in [5, 5.41) is 14.9. The first kappa shape index (κ1) is 24.0. The lowest BCUT2D eigenvalue weighted by atomic mass is 9.98. The summed E-state index contributed by atoms with van der Waals surface area (Å²) in [5.41, 5.74) is 0.741. The maximum absolute atomic E-state index is 12.6. The monoisotopic (exact) mass is 470 g/mol. The molecule has 2 amide bonds. The minimum atomic E-state index is -0.366. The molecule has 0 unspecified atom stereocenters. The molecule has 174 valence electrons. The van der Waals surface area contributed by atoms with Crippen LogP contribution in [0.5, 0.6) is 17.2 Å². The fourth-order valence-corrected chi connectivity index (χ4v) is 3.55. The van der Waals surface area contributed by atoms with Crippen molar-refractivity contribution < 1.29 is 23.8 Å². The Morgan fingerprint density at radius 1 is 0.939 bits per heavy atom. The molecule has 2 aromatic carbocycles. The van der Waals surface area contributed by atoms with Crippen LogP contribution < -0.4 is 24.8 Å². The van der Waals surface area contributed by atoms with E-state index in [1.165, 1.54) is 31.6 Å². The number of methoxy groups -OCH3 is 2. The third-order valence-electron chi connectivity index (χ3n) is 4.45. The van der Waals surface area contributed by atoms with Crippen LogP contribution in [0.1, 0.15) is 36.1 Å². The van der Waals surface area contributed by atoms with Crippen LogP contribution in [0.2, 0.25) is 0 Å². The number of carbonyl (C=O) groups is 2. The number of nitrogens with zero attached hydrogens (tertiary/aromatic N) is 2. The van der Waals surface area contributed by atoms with Gasteiger partial charge in [-0.1, -0.05) is 44.2 Å². The molecule has 1 heterocycles. The molecule has 33 heavy (non-hydrogen) atoms. The van der Waals surface area contributed by atoms with E-state index >= 15 is 0 Å². The lowest BCUT2D eigenvalue weighted by molar-refractivity contribution is -0.118. The average Bonchev–Trinajstić information content (AvgIpc) is 3.27. The minimum Gasteiger partial charge on any atom is -0.495 e. The highest BCUT2D eigenvalue weighted by Gasteiger charge is 2.21. The van der Waals surface area contributed by atoms with E-state index in [0.29, 0.717) is 33.6 Å². The van der Waals surface area contributed by atoms with Gasteiger partial charge in [0.1, 0.15) is 10.8 Å². The number of hydrogen-bond donors (Lipinski definition) is 2. The van der Waals surface area contributed by atoms with Crippen LogP contribution in [0.4, 0.5) is 10.8 Å². The van der Waals surface area contributed by atoms with Gasteiger partial charge in [-0.05, 0) is 30.3 Å². The number of benzene rings is 2. The zero-order valence-electron chi connectivity index (χ0n) is 19.1. The summed E-state index contributed by atoms with van der Waals surface area (Å²) < 4.78 is 16.2. The second-order valence-electron chi connectivity index (χ2n) is 8.02. The molecule has 1 aromatic heterocycles. The molecule has 0 bridgehead atoms. The average molecular weight is 471 g/mol. The van der Waals surface area contributed by atoms with Gasteiger partial charge in [0.25, 0.3) is 11.8 Å². The fraction of sp³-hybridized carbons (Fsp3) is 0.304. The number of aromatic nitrogens is 2. The lowest BCUT2D eigenvalue weighted by Gasteiger charge is -2.13. The molecule has 0 saturated heterocycles. The summed E-state index contributed by atoms with van der Waals surface area (Å²) in [7, 11) is 2.98. The van der Waals surface area contributed by atoms with Crippen molar-refractivity contribution in [3.05, 3.63) is 53.0 Å². The van der Waals surface area contributed by atoms with Crippen molar-refractivity contribution in [2.45, 2.75) is 26.2 Å². The van der Waals surface area contributed by atoms with Crippen molar-refractivity contribution in [3.63, 3.8) is 0 Å². The molecule has 0 spiro atoms. The van der Waals surface area contributed by atoms with Crippen molar-refractivity contribution in [3.8, 4) is 17.2 Å². The molecule has 0 aliphatic carbocycles. The normalized spacial score (nSPS) is 10.9. The first-order valence-electron chi connectivity index (χ1n) is 10.1. The zero-order valence-corrected chi connectivity index (χ0v) is 19.9. The quantitative estimate of drug-likeness (QED) is 0.509. The van der Waals surface area contributed by atoms with Gasteiger partial charge in [0, 0.05) is 11.0 Å². The van der Waals surface area contributed by atoms with Crippen LogP contribution in [-0.4, -0.2) is 42.8 Å². The van der Waals surface area contributed by atoms with Crippen LogP contribution in [0.3, 0.4) is 0 Å². The maximum Gasteiger partial charge on any atom is 0.262 e. The number of hydrogen-bond acceptors (Lipinski definition) is 8. The van der Waals surface area contributed by atoms with Gasteiger partial charge >= 0.3 is 0 Å². The first-order valence-corrected chi connectivity index (χ1v) is 10.9. The first-order chi connectivity index (χ1) is 15.7. The minimum absolute atomic E-state index is 0.152. The number of carbonyl (C=O) groups excluding carboxylic acids is 2. The van der Waals surface area contributed by atoms with Crippen molar-refractivity contribution >= 4 is 34.0 Å².